The first kappa shape index (κ1) is 22.7. The molecular formula is C23H22BrF2N3O2Si. The summed E-state index contributed by atoms with van der Waals surface area (Å²) in [6.45, 7) is 7.67. The minimum Gasteiger partial charge on any atom is -0.360 e. The first-order chi connectivity index (χ1) is 15.2. The zero-order chi connectivity index (χ0) is 23.0. The average Bonchev–Trinajstić information content (AvgIpc) is 3.05. The molecule has 0 aliphatic heterocycles. The molecule has 32 heavy (non-hydrogen) atoms. The van der Waals surface area contributed by atoms with Gasteiger partial charge in [0.05, 0.1) is 16.8 Å². The van der Waals surface area contributed by atoms with E-state index < -0.39 is 19.7 Å². The molecule has 0 unspecified atom stereocenters. The zero-order valence-corrected chi connectivity index (χ0v) is 20.5. The van der Waals surface area contributed by atoms with E-state index in [0.717, 1.165) is 6.04 Å². The summed E-state index contributed by atoms with van der Waals surface area (Å²) in [5.74, 6) is -1.46. The Morgan fingerprint density at radius 2 is 1.84 bits per heavy atom. The highest BCUT2D eigenvalue weighted by atomic mass is 79.9. The quantitative estimate of drug-likeness (QED) is 0.161. The second-order valence-corrected chi connectivity index (χ2v) is 15.2. The smallest absolute Gasteiger partial charge is 0.154 e. The molecule has 2 heterocycles. The fourth-order valence-corrected chi connectivity index (χ4v) is 4.76. The lowest BCUT2D eigenvalue weighted by Gasteiger charge is -2.16. The van der Waals surface area contributed by atoms with Crippen LogP contribution in [0.15, 0.2) is 41.0 Å². The van der Waals surface area contributed by atoms with Crippen LogP contribution in [0.5, 0.6) is 0 Å². The first-order valence-electron chi connectivity index (χ1n) is 10.2. The van der Waals surface area contributed by atoms with Crippen molar-refractivity contribution >= 4 is 52.1 Å². The van der Waals surface area contributed by atoms with Crippen LogP contribution in [0.1, 0.15) is 10.4 Å². The lowest BCUT2D eigenvalue weighted by Crippen LogP contribution is -2.22. The van der Waals surface area contributed by atoms with Crippen LogP contribution in [0.3, 0.4) is 0 Å². The van der Waals surface area contributed by atoms with Gasteiger partial charge in [-0.05, 0) is 40.2 Å². The summed E-state index contributed by atoms with van der Waals surface area (Å²) in [4.78, 5) is 16.0. The van der Waals surface area contributed by atoms with Crippen LogP contribution in [0.25, 0.3) is 33.1 Å². The number of aromatic nitrogens is 3. The van der Waals surface area contributed by atoms with Gasteiger partial charge in [-0.25, -0.2) is 18.4 Å². The van der Waals surface area contributed by atoms with E-state index in [9.17, 15) is 13.6 Å². The van der Waals surface area contributed by atoms with Crippen molar-refractivity contribution in [1.29, 1.82) is 0 Å². The highest BCUT2D eigenvalue weighted by Crippen LogP contribution is 2.37. The maximum atomic E-state index is 14.7. The molecule has 0 fully saturated rings. The molecule has 0 radical (unpaired) electrons. The number of ether oxygens (including phenoxy) is 1. The van der Waals surface area contributed by atoms with Crippen LogP contribution in [-0.4, -0.2) is 35.7 Å². The molecule has 2 aromatic heterocycles. The van der Waals surface area contributed by atoms with Gasteiger partial charge < -0.3 is 4.74 Å². The second-order valence-electron chi connectivity index (χ2n) is 8.82. The Hall–Kier alpha value is -2.49. The van der Waals surface area contributed by atoms with Gasteiger partial charge in [-0.2, -0.15) is 5.10 Å². The van der Waals surface area contributed by atoms with Gasteiger partial charge in [0, 0.05) is 31.0 Å². The summed E-state index contributed by atoms with van der Waals surface area (Å²) >= 11 is 3.43. The summed E-state index contributed by atoms with van der Waals surface area (Å²) in [5.41, 5.74) is 1.38. The maximum absolute atomic E-state index is 14.7. The van der Waals surface area contributed by atoms with Crippen molar-refractivity contribution in [3.05, 3.63) is 58.2 Å². The SMILES string of the molecule is C[Si](C)(C)CCOCn1nc(Br)c2nc(-c3c(F)cccc3F)c3cc(C=O)ccc3c21. The van der Waals surface area contributed by atoms with Crippen LogP contribution in [0.4, 0.5) is 8.78 Å². The number of carbonyl (C=O) groups is 1. The van der Waals surface area contributed by atoms with Crippen molar-refractivity contribution in [1.82, 2.24) is 14.8 Å². The number of fused-ring (bicyclic) bond motifs is 3. The van der Waals surface area contributed by atoms with Crippen molar-refractivity contribution in [2.45, 2.75) is 32.4 Å². The molecule has 0 aliphatic carbocycles. The molecule has 0 aliphatic rings. The molecule has 0 atom stereocenters. The third-order valence-electron chi connectivity index (χ3n) is 5.21. The van der Waals surface area contributed by atoms with Gasteiger partial charge in [0.15, 0.2) is 4.60 Å². The highest BCUT2D eigenvalue weighted by Gasteiger charge is 2.22. The molecule has 2 aromatic carbocycles. The number of halogens is 3. The van der Waals surface area contributed by atoms with Crippen LogP contribution in [0, 0.1) is 11.6 Å². The molecule has 0 amide bonds. The number of hydrogen-bond acceptors (Lipinski definition) is 4. The average molecular weight is 518 g/mol. The van der Waals surface area contributed by atoms with Crippen LogP contribution in [0.2, 0.25) is 25.7 Å². The molecular weight excluding hydrogens is 496 g/mol. The van der Waals surface area contributed by atoms with Crippen LogP contribution in [-0.2, 0) is 11.5 Å². The molecule has 0 saturated carbocycles. The van der Waals surface area contributed by atoms with Gasteiger partial charge in [0.1, 0.15) is 30.2 Å². The van der Waals surface area contributed by atoms with Gasteiger partial charge in [-0.3, -0.25) is 4.79 Å². The van der Waals surface area contributed by atoms with Gasteiger partial charge in [-0.15, -0.1) is 0 Å². The monoisotopic (exact) mass is 517 g/mol. The summed E-state index contributed by atoms with van der Waals surface area (Å²) in [6.07, 6.45) is 0.692. The second kappa shape index (κ2) is 8.80. The first-order valence-corrected chi connectivity index (χ1v) is 14.7. The van der Waals surface area contributed by atoms with Crippen molar-refractivity contribution < 1.29 is 18.3 Å². The van der Waals surface area contributed by atoms with Gasteiger partial charge in [0.25, 0.3) is 0 Å². The lowest BCUT2D eigenvalue weighted by molar-refractivity contribution is 0.0816. The fourth-order valence-electron chi connectivity index (χ4n) is 3.54. The summed E-state index contributed by atoms with van der Waals surface area (Å²) in [7, 11) is -1.23. The minimum absolute atomic E-state index is 0.117. The molecule has 4 rings (SSSR count). The molecule has 166 valence electrons. The predicted octanol–water partition coefficient (Wildman–Crippen LogP) is 6.42. The van der Waals surface area contributed by atoms with Crippen molar-refractivity contribution in [2.75, 3.05) is 6.61 Å². The van der Waals surface area contributed by atoms with E-state index in [-0.39, 0.29) is 18.0 Å². The van der Waals surface area contributed by atoms with E-state index >= 15 is 0 Å². The van der Waals surface area contributed by atoms with E-state index in [2.05, 4.69) is 45.7 Å². The van der Waals surface area contributed by atoms with E-state index in [1.165, 1.54) is 18.2 Å². The molecule has 9 heteroatoms. The van der Waals surface area contributed by atoms with Crippen molar-refractivity contribution in [3.63, 3.8) is 0 Å². The molecule has 4 aromatic rings. The third kappa shape index (κ3) is 4.37. The number of hydrogen-bond donors (Lipinski definition) is 0. The number of nitrogens with zero attached hydrogens (tertiary/aromatic N) is 3. The Labute approximate surface area is 193 Å². The molecule has 0 bridgehead atoms. The number of benzene rings is 2. The third-order valence-corrected chi connectivity index (χ3v) is 7.45. The standard InChI is InChI=1S/C23H22BrF2N3O2Si/c1-32(2,3)10-9-31-13-29-22-15-8-7-14(12-30)11-16(15)20(27-21(22)23(24)28-29)19-17(25)5-4-6-18(19)26/h4-8,11-12H,9-10,13H2,1-3H3. The Bertz CT molecular complexity index is 1310. The Morgan fingerprint density at radius 1 is 1.12 bits per heavy atom. The van der Waals surface area contributed by atoms with Gasteiger partial charge in [-0.1, -0.05) is 37.8 Å². The summed E-state index contributed by atoms with van der Waals surface area (Å²) in [6, 6.07) is 9.69. The molecule has 0 N–H and O–H groups in total. The zero-order valence-electron chi connectivity index (χ0n) is 18.0. The van der Waals surface area contributed by atoms with Gasteiger partial charge >= 0.3 is 0 Å². The lowest BCUT2D eigenvalue weighted by atomic mass is 10.00. The summed E-state index contributed by atoms with van der Waals surface area (Å²) < 4.78 is 37.3. The van der Waals surface area contributed by atoms with E-state index in [1.807, 2.05) is 0 Å². The molecule has 5 nitrogen and oxygen atoms in total. The maximum Gasteiger partial charge on any atom is 0.154 e. The van der Waals surface area contributed by atoms with Crippen LogP contribution >= 0.6 is 15.9 Å². The topological polar surface area (TPSA) is 57.0 Å². The highest BCUT2D eigenvalue weighted by molar-refractivity contribution is 9.10. The minimum atomic E-state index is -1.23. The fraction of sp³-hybridized carbons (Fsp3) is 0.261. The largest absolute Gasteiger partial charge is 0.360 e. The molecule has 0 spiro atoms. The van der Waals surface area contributed by atoms with E-state index in [0.29, 0.717) is 44.9 Å². The van der Waals surface area contributed by atoms with E-state index in [1.54, 1.807) is 22.9 Å². The Kier molecular flexibility index (Phi) is 6.24. The number of carbonyl (C=O) groups excluding carboxylic acids is 1. The number of aldehydes is 1. The van der Waals surface area contributed by atoms with E-state index in [4.69, 9.17) is 4.74 Å². The van der Waals surface area contributed by atoms with Crippen molar-refractivity contribution in [2.24, 2.45) is 0 Å². The van der Waals surface area contributed by atoms with Gasteiger partial charge in [0.2, 0.25) is 0 Å². The number of pyridine rings is 1. The normalized spacial score (nSPS) is 12.1. The summed E-state index contributed by atoms with van der Waals surface area (Å²) in [5, 5.41) is 5.63. The molecule has 0 saturated heterocycles. The predicted molar refractivity (Wildman–Crippen MR) is 128 cm³/mol. The Morgan fingerprint density at radius 3 is 2.50 bits per heavy atom. The van der Waals surface area contributed by atoms with Crippen molar-refractivity contribution in [3.8, 4) is 11.3 Å². The Balaban J connectivity index is 1.91. The number of rotatable bonds is 7. The van der Waals surface area contributed by atoms with Crippen LogP contribution < -0.4 is 0 Å².